The van der Waals surface area contributed by atoms with E-state index in [4.69, 9.17) is 0 Å². The third-order valence-corrected chi connectivity index (χ3v) is 8.05. The van der Waals surface area contributed by atoms with Crippen LogP contribution in [0.2, 0.25) is 0 Å². The molecule has 7 nitrogen and oxygen atoms in total. The predicted molar refractivity (Wildman–Crippen MR) is 119 cm³/mol. The van der Waals surface area contributed by atoms with E-state index in [-0.39, 0.29) is 34.7 Å². The lowest BCUT2D eigenvalue weighted by Crippen LogP contribution is -2.39. The molecule has 0 aliphatic carbocycles. The summed E-state index contributed by atoms with van der Waals surface area (Å²) in [5.41, 5.74) is 1.79. The van der Waals surface area contributed by atoms with Crippen LogP contribution in [0.15, 0.2) is 47.4 Å². The van der Waals surface area contributed by atoms with Crippen molar-refractivity contribution in [2.75, 3.05) is 29.9 Å². The van der Waals surface area contributed by atoms with Crippen molar-refractivity contribution in [1.29, 1.82) is 0 Å². The van der Waals surface area contributed by atoms with Crippen LogP contribution in [0, 0.1) is 11.7 Å². The Hall–Kier alpha value is -2.78. The van der Waals surface area contributed by atoms with Crippen molar-refractivity contribution in [2.45, 2.75) is 37.5 Å². The minimum absolute atomic E-state index is 0.0392. The number of rotatable bonds is 5. The van der Waals surface area contributed by atoms with Gasteiger partial charge in [-0.05, 0) is 61.1 Å². The fourth-order valence-corrected chi connectivity index (χ4v) is 5.92. The Labute approximate surface area is 187 Å². The second-order valence-electron chi connectivity index (χ2n) is 8.29. The first-order valence-electron chi connectivity index (χ1n) is 10.7. The molecule has 2 amide bonds. The maximum Gasteiger partial charge on any atom is 0.243 e. The van der Waals surface area contributed by atoms with Crippen LogP contribution in [0.3, 0.4) is 0 Å². The fourth-order valence-electron chi connectivity index (χ4n) is 4.39. The SMILES string of the molecule is CC(=O)N1CCc2cc(S(=O)(=O)N3CCC(CC(=O)Nc4ccccc4F)CC3)ccc21. The van der Waals surface area contributed by atoms with Gasteiger partial charge in [0.05, 0.1) is 10.6 Å². The number of benzene rings is 2. The molecule has 2 aliphatic heterocycles. The van der Waals surface area contributed by atoms with Crippen molar-refractivity contribution in [3.05, 3.63) is 53.8 Å². The molecule has 1 N–H and O–H groups in total. The number of nitrogens with one attached hydrogen (secondary N) is 1. The van der Waals surface area contributed by atoms with Crippen LogP contribution in [0.4, 0.5) is 15.8 Å². The average Bonchev–Trinajstić information content (AvgIpc) is 3.19. The number of halogens is 1. The summed E-state index contributed by atoms with van der Waals surface area (Å²) in [7, 11) is -3.65. The van der Waals surface area contributed by atoms with E-state index in [0.717, 1.165) is 11.3 Å². The van der Waals surface area contributed by atoms with Gasteiger partial charge in [-0.15, -0.1) is 0 Å². The number of hydrogen-bond donors (Lipinski definition) is 1. The number of fused-ring (bicyclic) bond motifs is 1. The Morgan fingerprint density at radius 1 is 1.09 bits per heavy atom. The van der Waals surface area contributed by atoms with Gasteiger partial charge < -0.3 is 10.2 Å². The Balaban J connectivity index is 1.36. The van der Waals surface area contributed by atoms with Crippen LogP contribution in [0.5, 0.6) is 0 Å². The highest BCUT2D eigenvalue weighted by Crippen LogP contribution is 2.32. The van der Waals surface area contributed by atoms with Gasteiger partial charge >= 0.3 is 0 Å². The van der Waals surface area contributed by atoms with Gasteiger partial charge in [-0.1, -0.05) is 12.1 Å². The third-order valence-electron chi connectivity index (χ3n) is 6.16. The molecule has 0 atom stereocenters. The Bertz CT molecular complexity index is 1140. The molecule has 2 aromatic carbocycles. The van der Waals surface area contributed by atoms with Gasteiger partial charge in [0.2, 0.25) is 21.8 Å². The van der Waals surface area contributed by atoms with Gasteiger partial charge in [-0.2, -0.15) is 4.31 Å². The van der Waals surface area contributed by atoms with Crippen molar-refractivity contribution in [2.24, 2.45) is 5.92 Å². The molecule has 1 fully saturated rings. The van der Waals surface area contributed by atoms with Crippen molar-refractivity contribution in [3.63, 3.8) is 0 Å². The lowest BCUT2D eigenvalue weighted by atomic mass is 9.94. The van der Waals surface area contributed by atoms with Crippen molar-refractivity contribution < 1.29 is 22.4 Å². The number of sulfonamides is 1. The number of carbonyl (C=O) groups excluding carboxylic acids is 2. The third kappa shape index (κ3) is 4.54. The highest BCUT2D eigenvalue weighted by molar-refractivity contribution is 7.89. The topological polar surface area (TPSA) is 86.8 Å². The van der Waals surface area contributed by atoms with Gasteiger partial charge in [0, 0.05) is 38.7 Å². The highest BCUT2D eigenvalue weighted by atomic mass is 32.2. The van der Waals surface area contributed by atoms with Gasteiger partial charge in [0.1, 0.15) is 5.82 Å². The maximum absolute atomic E-state index is 13.7. The highest BCUT2D eigenvalue weighted by Gasteiger charge is 2.32. The number of amides is 2. The Morgan fingerprint density at radius 2 is 1.81 bits per heavy atom. The number of nitrogens with zero attached hydrogens (tertiary/aromatic N) is 2. The lowest BCUT2D eigenvalue weighted by molar-refractivity contribution is -0.117. The fraction of sp³-hybridized carbons (Fsp3) is 0.391. The molecule has 2 aromatic rings. The van der Waals surface area contributed by atoms with Crippen LogP contribution in [-0.4, -0.2) is 44.2 Å². The molecule has 2 heterocycles. The first kappa shape index (κ1) is 22.4. The van der Waals surface area contributed by atoms with Gasteiger partial charge in [0.25, 0.3) is 0 Å². The molecule has 0 spiro atoms. The zero-order valence-corrected chi connectivity index (χ0v) is 18.7. The van der Waals surface area contributed by atoms with E-state index in [2.05, 4.69) is 5.32 Å². The molecule has 0 bridgehead atoms. The Kier molecular flexibility index (Phi) is 6.30. The molecule has 0 saturated carbocycles. The van der Waals surface area contributed by atoms with Gasteiger partial charge in [0.15, 0.2) is 0 Å². The molecule has 0 aromatic heterocycles. The number of anilines is 2. The summed E-state index contributed by atoms with van der Waals surface area (Å²) in [6.07, 6.45) is 1.99. The Morgan fingerprint density at radius 3 is 2.50 bits per heavy atom. The molecule has 4 rings (SSSR count). The first-order chi connectivity index (χ1) is 15.3. The van der Waals surface area contributed by atoms with Gasteiger partial charge in [-0.25, -0.2) is 12.8 Å². The molecular formula is C23H26FN3O4S. The largest absolute Gasteiger partial charge is 0.324 e. The summed E-state index contributed by atoms with van der Waals surface area (Å²) in [5, 5.41) is 2.59. The van der Waals surface area contributed by atoms with E-state index < -0.39 is 15.8 Å². The predicted octanol–water partition coefficient (Wildman–Crippen LogP) is 3.16. The quantitative estimate of drug-likeness (QED) is 0.744. The van der Waals surface area contributed by atoms with E-state index in [1.807, 2.05) is 0 Å². The second-order valence-corrected chi connectivity index (χ2v) is 10.2. The summed E-state index contributed by atoms with van der Waals surface area (Å²) >= 11 is 0. The molecule has 0 radical (unpaired) electrons. The zero-order valence-electron chi connectivity index (χ0n) is 17.9. The number of para-hydroxylation sites is 1. The average molecular weight is 460 g/mol. The summed E-state index contributed by atoms with van der Waals surface area (Å²) in [6.45, 7) is 2.72. The summed E-state index contributed by atoms with van der Waals surface area (Å²) < 4.78 is 41.4. The number of piperidine rings is 1. The normalized spacial score (nSPS) is 17.2. The summed E-state index contributed by atoms with van der Waals surface area (Å²) in [5.74, 6) is -0.773. The van der Waals surface area contributed by atoms with Crippen molar-refractivity contribution in [1.82, 2.24) is 4.31 Å². The van der Waals surface area contributed by atoms with E-state index in [0.29, 0.717) is 38.9 Å². The van der Waals surface area contributed by atoms with Crippen LogP contribution in [0.25, 0.3) is 0 Å². The molecule has 9 heteroatoms. The first-order valence-corrected chi connectivity index (χ1v) is 12.2. The van der Waals surface area contributed by atoms with Crippen LogP contribution >= 0.6 is 0 Å². The summed E-state index contributed by atoms with van der Waals surface area (Å²) in [4.78, 5) is 25.9. The number of hydrogen-bond acceptors (Lipinski definition) is 4. The standard InChI is InChI=1S/C23H26FN3O4S/c1-16(28)27-13-10-18-15-19(6-7-22(18)27)32(30,31)26-11-8-17(9-12-26)14-23(29)25-21-5-3-2-4-20(21)24/h2-7,15,17H,8-14H2,1H3,(H,25,29). The number of carbonyl (C=O) groups is 2. The molecular weight excluding hydrogens is 433 g/mol. The van der Waals surface area contributed by atoms with Crippen molar-refractivity contribution in [3.8, 4) is 0 Å². The molecule has 2 aliphatic rings. The monoisotopic (exact) mass is 459 g/mol. The van der Waals surface area contributed by atoms with E-state index in [9.17, 15) is 22.4 Å². The lowest BCUT2D eigenvalue weighted by Gasteiger charge is -2.31. The molecule has 0 unspecified atom stereocenters. The van der Waals surface area contributed by atoms with Crippen molar-refractivity contribution >= 4 is 33.2 Å². The van der Waals surface area contributed by atoms with Crippen LogP contribution in [0.1, 0.15) is 31.7 Å². The van der Waals surface area contributed by atoms with E-state index in [1.165, 1.54) is 23.4 Å². The maximum atomic E-state index is 13.7. The van der Waals surface area contributed by atoms with Crippen LogP contribution < -0.4 is 10.2 Å². The van der Waals surface area contributed by atoms with Crippen LogP contribution in [-0.2, 0) is 26.0 Å². The van der Waals surface area contributed by atoms with Gasteiger partial charge in [-0.3, -0.25) is 9.59 Å². The van der Waals surface area contributed by atoms with E-state index >= 15 is 0 Å². The second kappa shape index (κ2) is 8.99. The smallest absolute Gasteiger partial charge is 0.243 e. The molecule has 32 heavy (non-hydrogen) atoms. The zero-order chi connectivity index (χ0) is 22.9. The summed E-state index contributed by atoms with van der Waals surface area (Å²) in [6, 6.07) is 10.9. The minimum atomic E-state index is -3.65. The molecule has 1 saturated heterocycles. The molecule has 170 valence electrons. The van der Waals surface area contributed by atoms with E-state index in [1.54, 1.807) is 35.2 Å². The minimum Gasteiger partial charge on any atom is -0.324 e.